The Morgan fingerprint density at radius 2 is 1.06 bits per heavy atom. The van der Waals surface area contributed by atoms with E-state index in [1.807, 2.05) is 0 Å². The van der Waals surface area contributed by atoms with Gasteiger partial charge in [0.15, 0.2) is 0 Å². The van der Waals surface area contributed by atoms with E-state index >= 15 is 0 Å². The van der Waals surface area contributed by atoms with Gasteiger partial charge < -0.3 is 0 Å². The Bertz CT molecular complexity index is 596. The molecule has 0 heterocycles. The SMILES string of the molecule is CC1=CC2=CC=C3C=C(C)C=C4C=CC(=C1)C2C34. The lowest BCUT2D eigenvalue weighted by Gasteiger charge is -2.40. The Morgan fingerprint density at radius 3 is 1.50 bits per heavy atom. The first kappa shape index (κ1) is 10.1. The van der Waals surface area contributed by atoms with Crippen molar-refractivity contribution >= 4 is 0 Å². The maximum absolute atomic E-state index is 2.34. The van der Waals surface area contributed by atoms with Crippen LogP contribution in [0.2, 0.25) is 0 Å². The molecule has 4 rings (SSSR count). The van der Waals surface area contributed by atoms with E-state index in [1.54, 1.807) is 0 Å². The van der Waals surface area contributed by atoms with E-state index in [0.29, 0.717) is 11.8 Å². The minimum absolute atomic E-state index is 0.550. The van der Waals surface area contributed by atoms with E-state index in [9.17, 15) is 0 Å². The van der Waals surface area contributed by atoms with Crippen LogP contribution in [0.1, 0.15) is 13.8 Å². The molecule has 4 aliphatic rings. The fraction of sp³-hybridized carbons (Fsp3) is 0.222. The highest BCUT2D eigenvalue weighted by molar-refractivity contribution is 5.62. The predicted molar refractivity (Wildman–Crippen MR) is 76.0 cm³/mol. The summed E-state index contributed by atoms with van der Waals surface area (Å²) in [6.45, 7) is 4.38. The van der Waals surface area contributed by atoms with Crippen LogP contribution in [0.4, 0.5) is 0 Å². The van der Waals surface area contributed by atoms with E-state index in [0.717, 1.165) is 0 Å². The zero-order valence-corrected chi connectivity index (χ0v) is 10.8. The van der Waals surface area contributed by atoms with Gasteiger partial charge in [-0.1, -0.05) is 59.8 Å². The molecule has 0 heteroatoms. The van der Waals surface area contributed by atoms with E-state index in [2.05, 4.69) is 62.5 Å². The highest BCUT2D eigenvalue weighted by atomic mass is 14.4. The van der Waals surface area contributed by atoms with Crippen LogP contribution in [0.25, 0.3) is 0 Å². The molecular formula is C18H16. The third-order valence-electron chi connectivity index (χ3n) is 4.28. The quantitative estimate of drug-likeness (QED) is 0.579. The zero-order chi connectivity index (χ0) is 12.3. The molecular weight excluding hydrogens is 216 g/mol. The summed E-state index contributed by atoms with van der Waals surface area (Å²) in [4.78, 5) is 0. The molecule has 0 spiro atoms. The maximum atomic E-state index is 2.34. The molecule has 0 bridgehead atoms. The molecule has 2 atom stereocenters. The summed E-state index contributed by atoms with van der Waals surface area (Å²) in [6, 6.07) is 0. The predicted octanol–water partition coefficient (Wildman–Crippen LogP) is 4.43. The molecule has 0 radical (unpaired) electrons. The van der Waals surface area contributed by atoms with Gasteiger partial charge in [0.2, 0.25) is 0 Å². The molecule has 88 valence electrons. The summed E-state index contributed by atoms with van der Waals surface area (Å²) >= 11 is 0. The molecule has 0 aliphatic heterocycles. The Balaban J connectivity index is 2.00. The Labute approximate surface area is 108 Å². The summed E-state index contributed by atoms with van der Waals surface area (Å²) < 4.78 is 0. The highest BCUT2D eigenvalue weighted by Crippen LogP contribution is 2.49. The zero-order valence-electron chi connectivity index (χ0n) is 10.8. The third-order valence-corrected chi connectivity index (χ3v) is 4.28. The van der Waals surface area contributed by atoms with E-state index in [-0.39, 0.29) is 0 Å². The second-order valence-electron chi connectivity index (χ2n) is 5.69. The van der Waals surface area contributed by atoms with Crippen LogP contribution >= 0.6 is 0 Å². The van der Waals surface area contributed by atoms with Gasteiger partial charge in [0.1, 0.15) is 0 Å². The molecule has 0 aromatic rings. The Morgan fingerprint density at radius 1 is 0.611 bits per heavy atom. The summed E-state index contributed by atoms with van der Waals surface area (Å²) in [6.07, 6.45) is 18.6. The van der Waals surface area contributed by atoms with Crippen LogP contribution in [0.5, 0.6) is 0 Å². The van der Waals surface area contributed by atoms with Gasteiger partial charge in [0.25, 0.3) is 0 Å². The molecule has 0 saturated carbocycles. The van der Waals surface area contributed by atoms with Gasteiger partial charge in [-0.25, -0.2) is 0 Å². The Hall–Kier alpha value is -1.82. The van der Waals surface area contributed by atoms with Gasteiger partial charge in [-0.15, -0.1) is 0 Å². The van der Waals surface area contributed by atoms with Crippen molar-refractivity contribution in [1.29, 1.82) is 0 Å². The molecule has 4 aliphatic carbocycles. The monoisotopic (exact) mass is 232 g/mol. The van der Waals surface area contributed by atoms with Crippen molar-refractivity contribution in [3.05, 3.63) is 82.0 Å². The lowest BCUT2D eigenvalue weighted by atomic mass is 9.63. The van der Waals surface area contributed by atoms with Crippen molar-refractivity contribution in [3.63, 3.8) is 0 Å². The first-order valence-corrected chi connectivity index (χ1v) is 6.62. The van der Waals surface area contributed by atoms with Gasteiger partial charge in [0.05, 0.1) is 0 Å². The first-order chi connectivity index (χ1) is 8.72. The second kappa shape index (κ2) is 3.35. The standard InChI is InChI=1S/C18H16/c1-11-7-13-3-5-15-9-12(2)10-16-6-4-14(8-11)17(13)18(15)16/h3-10,17-18H,1-2H3. The van der Waals surface area contributed by atoms with Crippen molar-refractivity contribution in [2.45, 2.75) is 13.8 Å². The largest absolute Gasteiger partial charge is 0.0581 e. The van der Waals surface area contributed by atoms with Crippen LogP contribution in [0.15, 0.2) is 82.0 Å². The van der Waals surface area contributed by atoms with Crippen LogP contribution < -0.4 is 0 Å². The summed E-state index contributed by atoms with van der Waals surface area (Å²) in [5.74, 6) is 1.10. The molecule has 0 N–H and O–H groups in total. The average Bonchev–Trinajstić information content (AvgIpc) is 2.34. The van der Waals surface area contributed by atoms with Crippen molar-refractivity contribution in [3.8, 4) is 0 Å². The summed E-state index contributed by atoms with van der Waals surface area (Å²) in [5, 5.41) is 0. The summed E-state index contributed by atoms with van der Waals surface area (Å²) in [5.41, 5.74) is 8.63. The van der Waals surface area contributed by atoms with Crippen molar-refractivity contribution in [1.82, 2.24) is 0 Å². The molecule has 0 aromatic carbocycles. The number of allylic oxidation sites excluding steroid dienone is 14. The average molecular weight is 232 g/mol. The van der Waals surface area contributed by atoms with Crippen molar-refractivity contribution < 1.29 is 0 Å². The molecule has 2 unspecified atom stereocenters. The van der Waals surface area contributed by atoms with Crippen LogP contribution in [0, 0.1) is 11.8 Å². The molecule has 0 nitrogen and oxygen atoms in total. The minimum Gasteiger partial charge on any atom is -0.0581 e. The normalized spacial score (nSPS) is 31.4. The fourth-order valence-corrected chi connectivity index (χ4v) is 3.64. The van der Waals surface area contributed by atoms with Crippen LogP contribution in [0.3, 0.4) is 0 Å². The molecule has 0 aromatic heterocycles. The molecule has 18 heavy (non-hydrogen) atoms. The molecule has 0 amide bonds. The van der Waals surface area contributed by atoms with Gasteiger partial charge in [0, 0.05) is 11.8 Å². The van der Waals surface area contributed by atoms with Crippen LogP contribution in [-0.4, -0.2) is 0 Å². The molecule has 0 fully saturated rings. The smallest absolute Gasteiger partial charge is 0.0199 e. The van der Waals surface area contributed by atoms with E-state index < -0.39 is 0 Å². The highest BCUT2D eigenvalue weighted by Gasteiger charge is 2.37. The van der Waals surface area contributed by atoms with Gasteiger partial charge in [-0.3, -0.25) is 0 Å². The number of rotatable bonds is 0. The van der Waals surface area contributed by atoms with Gasteiger partial charge in [-0.2, -0.15) is 0 Å². The third kappa shape index (κ3) is 1.26. The number of hydrogen-bond donors (Lipinski definition) is 0. The topological polar surface area (TPSA) is 0 Å². The van der Waals surface area contributed by atoms with Crippen molar-refractivity contribution in [2.75, 3.05) is 0 Å². The Kier molecular flexibility index (Phi) is 1.89. The van der Waals surface area contributed by atoms with Crippen molar-refractivity contribution in [2.24, 2.45) is 11.8 Å². The minimum atomic E-state index is 0.550. The summed E-state index contributed by atoms with van der Waals surface area (Å²) in [7, 11) is 0. The van der Waals surface area contributed by atoms with Gasteiger partial charge in [-0.05, 0) is 36.1 Å². The van der Waals surface area contributed by atoms with E-state index in [1.165, 1.54) is 33.4 Å². The first-order valence-electron chi connectivity index (χ1n) is 6.62. The maximum Gasteiger partial charge on any atom is 0.0199 e. The van der Waals surface area contributed by atoms with E-state index in [4.69, 9.17) is 0 Å². The number of hydrogen-bond acceptors (Lipinski definition) is 0. The lowest BCUT2D eigenvalue weighted by Crippen LogP contribution is -2.29. The van der Waals surface area contributed by atoms with Gasteiger partial charge >= 0.3 is 0 Å². The van der Waals surface area contributed by atoms with Crippen LogP contribution in [-0.2, 0) is 0 Å². The molecule has 0 saturated heterocycles. The lowest BCUT2D eigenvalue weighted by molar-refractivity contribution is 0.561. The second-order valence-corrected chi connectivity index (χ2v) is 5.69. The fourth-order valence-electron chi connectivity index (χ4n) is 3.64.